The number of fused-ring (bicyclic) bond motifs is 1. The van der Waals surface area contributed by atoms with Crippen LogP contribution < -0.4 is 20.9 Å². The van der Waals surface area contributed by atoms with Crippen LogP contribution in [0.4, 0.5) is 16.2 Å². The number of carbonyl (C=O) groups excluding carboxylic acids is 1. The number of para-hydroxylation sites is 2. The second-order valence-electron chi connectivity index (χ2n) is 7.43. The van der Waals surface area contributed by atoms with Crippen molar-refractivity contribution in [3.8, 4) is 5.75 Å². The Morgan fingerprint density at radius 2 is 1.81 bits per heavy atom. The van der Waals surface area contributed by atoms with Gasteiger partial charge in [-0.3, -0.25) is 9.20 Å². The molecule has 2 aromatic carbocycles. The number of nitrogens with one attached hydrogen (secondary N) is 2. The summed E-state index contributed by atoms with van der Waals surface area (Å²) in [6.07, 6.45) is 2.65. The molecule has 0 aliphatic heterocycles. The van der Waals surface area contributed by atoms with Crippen LogP contribution in [0.15, 0.2) is 77.7 Å². The zero-order chi connectivity index (χ0) is 22.5. The maximum atomic E-state index is 12.5. The van der Waals surface area contributed by atoms with E-state index >= 15 is 0 Å². The van der Waals surface area contributed by atoms with Crippen LogP contribution in [-0.4, -0.2) is 15.4 Å². The normalized spacial score (nSPS) is 10.7. The molecule has 2 N–H and O–H groups in total. The van der Waals surface area contributed by atoms with Crippen LogP contribution in [0.5, 0.6) is 5.75 Å². The number of carbonyl (C=O) groups is 1. The zero-order valence-corrected chi connectivity index (χ0v) is 18.0. The lowest BCUT2D eigenvalue weighted by molar-refractivity contribution is 0.261. The molecule has 0 aliphatic rings. The molecule has 0 atom stereocenters. The molecule has 4 aromatic rings. The predicted molar refractivity (Wildman–Crippen MR) is 125 cm³/mol. The van der Waals surface area contributed by atoms with E-state index in [1.54, 1.807) is 18.3 Å². The molecule has 2 heterocycles. The lowest BCUT2D eigenvalue weighted by Crippen LogP contribution is -2.20. The van der Waals surface area contributed by atoms with Gasteiger partial charge in [0, 0.05) is 18.0 Å². The minimum atomic E-state index is -0.372. The van der Waals surface area contributed by atoms with Gasteiger partial charge in [-0.2, -0.15) is 0 Å². The number of anilines is 2. The molecular weight excluding hydrogens is 404 g/mol. The monoisotopic (exact) mass is 428 g/mol. The van der Waals surface area contributed by atoms with Crippen LogP contribution >= 0.6 is 0 Å². The van der Waals surface area contributed by atoms with E-state index in [4.69, 9.17) is 4.74 Å². The number of amides is 2. The summed E-state index contributed by atoms with van der Waals surface area (Å²) in [7, 11) is 0. The Kier molecular flexibility index (Phi) is 6.17. The Labute approximate surface area is 185 Å². The fourth-order valence-electron chi connectivity index (χ4n) is 3.28. The Morgan fingerprint density at radius 1 is 1.03 bits per heavy atom. The highest BCUT2D eigenvalue weighted by molar-refractivity contribution is 6.00. The number of rotatable bonds is 6. The van der Waals surface area contributed by atoms with Crippen molar-refractivity contribution in [3.63, 3.8) is 0 Å². The number of hydrogen-bond acceptors (Lipinski definition) is 4. The molecule has 0 saturated heterocycles. The third-order valence-corrected chi connectivity index (χ3v) is 5.01. The standard InChI is InChI=1S/C25H24N4O3/c1-3-18-8-10-19(11-9-18)27-25(31)28-21-6-4-5-7-22(21)32-16-20-15-24(30)29-13-12-17(2)14-23(29)26-20/h4-15H,3,16H2,1-2H3,(H2,27,28,31). The summed E-state index contributed by atoms with van der Waals surface area (Å²) < 4.78 is 7.38. The highest BCUT2D eigenvalue weighted by atomic mass is 16.5. The smallest absolute Gasteiger partial charge is 0.323 e. The molecule has 4 rings (SSSR count). The summed E-state index contributed by atoms with van der Waals surface area (Å²) in [5.41, 5.74) is 4.34. The van der Waals surface area contributed by atoms with E-state index in [0.717, 1.165) is 12.0 Å². The van der Waals surface area contributed by atoms with Crippen molar-refractivity contribution in [2.24, 2.45) is 0 Å². The van der Waals surface area contributed by atoms with Gasteiger partial charge in [0.05, 0.1) is 11.4 Å². The van der Waals surface area contributed by atoms with E-state index in [1.807, 2.05) is 55.5 Å². The van der Waals surface area contributed by atoms with Crippen molar-refractivity contribution in [1.29, 1.82) is 0 Å². The van der Waals surface area contributed by atoms with Gasteiger partial charge in [-0.1, -0.05) is 31.2 Å². The molecule has 2 amide bonds. The molecule has 0 aliphatic carbocycles. The van der Waals surface area contributed by atoms with Gasteiger partial charge in [0.2, 0.25) is 0 Å². The average molecular weight is 428 g/mol. The molecule has 0 spiro atoms. The first kappa shape index (κ1) is 21.1. The van der Waals surface area contributed by atoms with E-state index in [-0.39, 0.29) is 18.2 Å². The van der Waals surface area contributed by atoms with Crippen molar-refractivity contribution in [2.45, 2.75) is 26.9 Å². The number of aryl methyl sites for hydroxylation is 2. The van der Waals surface area contributed by atoms with E-state index in [0.29, 0.717) is 28.5 Å². The molecule has 32 heavy (non-hydrogen) atoms. The fourth-order valence-corrected chi connectivity index (χ4v) is 3.28. The summed E-state index contributed by atoms with van der Waals surface area (Å²) >= 11 is 0. The topological polar surface area (TPSA) is 84.7 Å². The molecule has 162 valence electrons. The van der Waals surface area contributed by atoms with Crippen LogP contribution in [0.1, 0.15) is 23.7 Å². The minimum absolute atomic E-state index is 0.0957. The molecule has 0 fully saturated rings. The maximum absolute atomic E-state index is 12.5. The second kappa shape index (κ2) is 9.34. The first-order valence-corrected chi connectivity index (χ1v) is 10.4. The lowest BCUT2D eigenvalue weighted by atomic mass is 10.1. The molecule has 7 nitrogen and oxygen atoms in total. The molecule has 0 unspecified atom stereocenters. The van der Waals surface area contributed by atoms with Crippen LogP contribution in [0, 0.1) is 6.92 Å². The largest absolute Gasteiger partial charge is 0.485 e. The van der Waals surface area contributed by atoms with Crippen molar-refractivity contribution in [2.75, 3.05) is 10.6 Å². The molecule has 0 saturated carbocycles. The summed E-state index contributed by atoms with van der Waals surface area (Å²) in [4.78, 5) is 29.3. The van der Waals surface area contributed by atoms with Gasteiger partial charge in [-0.15, -0.1) is 0 Å². The van der Waals surface area contributed by atoms with Crippen LogP contribution in [-0.2, 0) is 13.0 Å². The van der Waals surface area contributed by atoms with Gasteiger partial charge in [0.15, 0.2) is 0 Å². The zero-order valence-electron chi connectivity index (χ0n) is 18.0. The quantitative estimate of drug-likeness (QED) is 0.463. The Morgan fingerprint density at radius 3 is 2.59 bits per heavy atom. The van der Waals surface area contributed by atoms with Crippen LogP contribution in [0.2, 0.25) is 0 Å². The lowest BCUT2D eigenvalue weighted by Gasteiger charge is -2.13. The number of aromatic nitrogens is 2. The number of ether oxygens (including phenoxy) is 1. The van der Waals surface area contributed by atoms with Gasteiger partial charge >= 0.3 is 6.03 Å². The second-order valence-corrected chi connectivity index (χ2v) is 7.43. The van der Waals surface area contributed by atoms with Crippen molar-refractivity contribution in [1.82, 2.24) is 9.38 Å². The molecular formula is C25H24N4O3. The third kappa shape index (κ3) is 4.95. The predicted octanol–water partition coefficient (Wildman–Crippen LogP) is 4.79. The number of urea groups is 1. The minimum Gasteiger partial charge on any atom is -0.485 e. The van der Waals surface area contributed by atoms with Gasteiger partial charge in [-0.25, -0.2) is 9.78 Å². The first-order valence-electron chi connectivity index (χ1n) is 10.4. The average Bonchev–Trinajstić information content (AvgIpc) is 2.78. The summed E-state index contributed by atoms with van der Waals surface area (Å²) in [5, 5.41) is 5.62. The number of benzene rings is 2. The van der Waals surface area contributed by atoms with Gasteiger partial charge in [-0.05, 0) is 60.9 Å². The number of nitrogens with zero attached hydrogens (tertiary/aromatic N) is 2. The van der Waals surface area contributed by atoms with Crippen LogP contribution in [0.25, 0.3) is 5.65 Å². The van der Waals surface area contributed by atoms with Gasteiger partial charge in [0.25, 0.3) is 5.56 Å². The fraction of sp³-hybridized carbons (Fsp3) is 0.160. The van der Waals surface area contributed by atoms with E-state index in [2.05, 4.69) is 22.5 Å². The number of hydrogen-bond donors (Lipinski definition) is 2. The summed E-state index contributed by atoms with van der Waals surface area (Å²) in [5.74, 6) is 0.482. The number of pyridine rings is 1. The Hall–Kier alpha value is -4.13. The highest BCUT2D eigenvalue weighted by Gasteiger charge is 2.10. The van der Waals surface area contributed by atoms with Crippen molar-refractivity contribution >= 4 is 23.1 Å². The van der Waals surface area contributed by atoms with Gasteiger partial charge in [0.1, 0.15) is 18.0 Å². The molecule has 2 aromatic heterocycles. The van der Waals surface area contributed by atoms with Crippen molar-refractivity contribution < 1.29 is 9.53 Å². The highest BCUT2D eigenvalue weighted by Crippen LogP contribution is 2.25. The van der Waals surface area contributed by atoms with Crippen molar-refractivity contribution in [3.05, 3.63) is 100 Å². The molecule has 7 heteroatoms. The Balaban J connectivity index is 1.46. The third-order valence-electron chi connectivity index (χ3n) is 5.01. The molecule has 0 bridgehead atoms. The summed E-state index contributed by atoms with van der Waals surface area (Å²) in [6.45, 7) is 4.12. The SMILES string of the molecule is CCc1ccc(NC(=O)Nc2ccccc2OCc2cc(=O)n3ccc(C)cc3n2)cc1. The first-order chi connectivity index (χ1) is 15.5. The Bertz CT molecular complexity index is 1310. The van der Waals surface area contributed by atoms with E-state index < -0.39 is 0 Å². The van der Waals surface area contributed by atoms with Gasteiger partial charge < -0.3 is 15.4 Å². The van der Waals surface area contributed by atoms with E-state index in [1.165, 1.54) is 16.0 Å². The summed E-state index contributed by atoms with van der Waals surface area (Å²) in [6, 6.07) is 19.6. The van der Waals surface area contributed by atoms with Crippen LogP contribution in [0.3, 0.4) is 0 Å². The molecule has 0 radical (unpaired) electrons. The maximum Gasteiger partial charge on any atom is 0.323 e. The van der Waals surface area contributed by atoms with E-state index in [9.17, 15) is 9.59 Å².